The van der Waals surface area contributed by atoms with Gasteiger partial charge in [-0.15, -0.1) is 0 Å². The largest absolute Gasteiger partial charge is 0.484 e. The Labute approximate surface area is 128 Å². The molecule has 22 heavy (non-hydrogen) atoms. The molecule has 2 bridgehead atoms. The molecule has 0 amide bonds. The highest BCUT2D eigenvalue weighted by atomic mass is 16.5. The van der Waals surface area contributed by atoms with Gasteiger partial charge in [-0.05, 0) is 13.8 Å². The lowest BCUT2D eigenvalue weighted by Gasteiger charge is -2.62. The molecule has 0 radical (unpaired) electrons. The van der Waals surface area contributed by atoms with E-state index in [1.54, 1.807) is 7.11 Å². The van der Waals surface area contributed by atoms with E-state index in [2.05, 4.69) is 4.99 Å². The molecule has 0 N–H and O–H groups in total. The summed E-state index contributed by atoms with van der Waals surface area (Å²) in [6.07, 6.45) is 3.87. The molecule has 0 aromatic rings. The average molecular weight is 305 g/mol. The maximum Gasteiger partial charge on any atom is 0.334 e. The minimum absolute atomic E-state index is 0.323. The van der Waals surface area contributed by atoms with Crippen molar-refractivity contribution in [2.24, 2.45) is 22.2 Å². The van der Waals surface area contributed by atoms with E-state index in [4.69, 9.17) is 14.2 Å². The lowest BCUT2D eigenvalue weighted by molar-refractivity contribution is -0.142. The molecule has 6 heteroatoms. The van der Waals surface area contributed by atoms with Gasteiger partial charge in [-0.2, -0.15) is 0 Å². The molecule has 3 aliphatic carbocycles. The molecule has 4 rings (SSSR count). The van der Waals surface area contributed by atoms with Crippen LogP contribution in [0.1, 0.15) is 13.8 Å². The molecule has 4 atom stereocenters. The Morgan fingerprint density at radius 1 is 1.00 bits per heavy atom. The average Bonchev–Trinajstić information content (AvgIpc) is 2.54. The number of carbonyl (C=O) groups excluding carboxylic acids is 2. The summed E-state index contributed by atoms with van der Waals surface area (Å²) >= 11 is 0. The summed E-state index contributed by atoms with van der Waals surface area (Å²) in [6, 6.07) is 0. The molecule has 0 aromatic heterocycles. The van der Waals surface area contributed by atoms with Crippen molar-refractivity contribution in [3.8, 4) is 0 Å². The quantitative estimate of drug-likeness (QED) is 0.567. The molecule has 1 aliphatic heterocycles. The summed E-state index contributed by atoms with van der Waals surface area (Å²) in [6.45, 7) is 3.99. The van der Waals surface area contributed by atoms with E-state index in [1.165, 1.54) is 14.2 Å². The second-order valence-corrected chi connectivity index (χ2v) is 6.12. The van der Waals surface area contributed by atoms with E-state index in [9.17, 15) is 9.59 Å². The zero-order chi connectivity index (χ0) is 16.3. The van der Waals surface area contributed by atoms with Gasteiger partial charge < -0.3 is 14.2 Å². The van der Waals surface area contributed by atoms with Crippen molar-refractivity contribution in [2.45, 2.75) is 19.4 Å². The van der Waals surface area contributed by atoms with E-state index in [-0.39, 0.29) is 11.8 Å². The molecule has 118 valence electrons. The summed E-state index contributed by atoms with van der Waals surface area (Å²) in [4.78, 5) is 29.1. The van der Waals surface area contributed by atoms with Gasteiger partial charge in [-0.1, -0.05) is 12.2 Å². The van der Waals surface area contributed by atoms with Crippen LogP contribution in [0.25, 0.3) is 0 Å². The number of esters is 2. The van der Waals surface area contributed by atoms with Crippen molar-refractivity contribution in [3.05, 3.63) is 23.3 Å². The first-order valence-corrected chi connectivity index (χ1v) is 7.10. The van der Waals surface area contributed by atoms with Crippen LogP contribution < -0.4 is 0 Å². The second-order valence-electron chi connectivity index (χ2n) is 6.12. The maximum absolute atomic E-state index is 12.3. The number of rotatable bonds is 2. The SMILES string of the molecule is COC(=O)C1=C(C(=O)OC)[C@H]2C=C[C@H]1[C@@]1(C)N=C(OC)[C@]21C. The van der Waals surface area contributed by atoms with E-state index < -0.39 is 22.9 Å². The highest BCUT2D eigenvalue weighted by Crippen LogP contribution is 2.64. The topological polar surface area (TPSA) is 74.2 Å². The third kappa shape index (κ3) is 1.38. The second kappa shape index (κ2) is 4.44. The van der Waals surface area contributed by atoms with Gasteiger partial charge in [0.15, 0.2) is 5.90 Å². The monoisotopic (exact) mass is 305 g/mol. The first-order chi connectivity index (χ1) is 10.4. The van der Waals surface area contributed by atoms with Gasteiger partial charge in [0.05, 0.1) is 43.4 Å². The summed E-state index contributed by atoms with van der Waals surface area (Å²) in [5.74, 6) is -1.08. The van der Waals surface area contributed by atoms with Crippen molar-refractivity contribution >= 4 is 17.8 Å². The Bertz CT molecular complexity index is 661. The maximum atomic E-state index is 12.3. The molecular formula is C16H19NO5. The molecule has 0 saturated heterocycles. The third-order valence-electron chi connectivity index (χ3n) is 5.47. The summed E-state index contributed by atoms with van der Waals surface area (Å²) in [5, 5.41) is 0. The molecule has 1 heterocycles. The Hall–Kier alpha value is -2.11. The van der Waals surface area contributed by atoms with Crippen LogP contribution in [-0.2, 0) is 23.8 Å². The smallest absolute Gasteiger partial charge is 0.334 e. The minimum Gasteiger partial charge on any atom is -0.484 e. The fourth-order valence-electron chi connectivity index (χ4n) is 4.10. The van der Waals surface area contributed by atoms with Gasteiger partial charge >= 0.3 is 11.9 Å². The van der Waals surface area contributed by atoms with Crippen molar-refractivity contribution < 1.29 is 23.8 Å². The molecule has 6 nitrogen and oxygen atoms in total. The normalized spacial score (nSPS) is 38.0. The van der Waals surface area contributed by atoms with Crippen LogP contribution in [0.2, 0.25) is 0 Å². The lowest BCUT2D eigenvalue weighted by Crippen LogP contribution is -2.69. The fourth-order valence-corrected chi connectivity index (χ4v) is 4.10. The number of nitrogens with zero attached hydrogens (tertiary/aromatic N) is 1. The molecule has 4 aliphatic rings. The highest BCUT2D eigenvalue weighted by molar-refractivity contribution is 6.06. The first kappa shape index (κ1) is 14.8. The van der Waals surface area contributed by atoms with E-state index in [0.717, 1.165) is 0 Å². The summed E-state index contributed by atoms with van der Waals surface area (Å²) < 4.78 is 15.2. The van der Waals surface area contributed by atoms with Crippen LogP contribution in [0.4, 0.5) is 0 Å². The summed E-state index contributed by atoms with van der Waals surface area (Å²) in [5.41, 5.74) is -0.298. The lowest BCUT2D eigenvalue weighted by atomic mass is 9.45. The number of ether oxygens (including phenoxy) is 3. The fraction of sp³-hybridized carbons (Fsp3) is 0.562. The number of methoxy groups -OCH3 is 3. The predicted octanol–water partition coefficient (Wildman–Crippen LogP) is 1.27. The van der Waals surface area contributed by atoms with Crippen molar-refractivity contribution in [3.63, 3.8) is 0 Å². The zero-order valence-electron chi connectivity index (χ0n) is 13.3. The van der Waals surface area contributed by atoms with Crippen molar-refractivity contribution in [2.75, 3.05) is 21.3 Å². The first-order valence-electron chi connectivity index (χ1n) is 7.10. The van der Waals surface area contributed by atoms with E-state index >= 15 is 0 Å². The highest BCUT2D eigenvalue weighted by Gasteiger charge is 2.71. The summed E-state index contributed by atoms with van der Waals surface area (Å²) in [7, 11) is 4.19. The van der Waals surface area contributed by atoms with Gasteiger partial charge in [0.2, 0.25) is 0 Å². The van der Waals surface area contributed by atoms with Crippen molar-refractivity contribution in [1.29, 1.82) is 0 Å². The van der Waals surface area contributed by atoms with Crippen LogP contribution in [0.15, 0.2) is 28.3 Å². The van der Waals surface area contributed by atoms with Crippen LogP contribution in [0.3, 0.4) is 0 Å². The van der Waals surface area contributed by atoms with E-state index in [0.29, 0.717) is 17.0 Å². The van der Waals surface area contributed by atoms with Gasteiger partial charge in [-0.3, -0.25) is 0 Å². The molecule has 0 saturated carbocycles. The van der Waals surface area contributed by atoms with Gasteiger partial charge in [-0.25, -0.2) is 14.6 Å². The number of hydrogen-bond donors (Lipinski definition) is 0. The third-order valence-corrected chi connectivity index (χ3v) is 5.47. The van der Waals surface area contributed by atoms with Crippen molar-refractivity contribution in [1.82, 2.24) is 0 Å². The molecule has 0 spiro atoms. The Morgan fingerprint density at radius 3 is 2.00 bits per heavy atom. The van der Waals surface area contributed by atoms with E-state index in [1.807, 2.05) is 26.0 Å². The Balaban J connectivity index is 2.23. The number of aliphatic imine (C=N–C) groups is 1. The van der Waals surface area contributed by atoms with Crippen LogP contribution in [-0.4, -0.2) is 44.7 Å². The number of carbonyl (C=O) groups is 2. The Morgan fingerprint density at radius 2 is 1.50 bits per heavy atom. The number of allylic oxidation sites excluding steroid dienone is 1. The molecule has 0 fully saturated rings. The molecular weight excluding hydrogens is 286 g/mol. The standard InChI is InChI=1S/C16H19NO5/c1-15-8-6-7-9(16(15,2)17-14(15)22-5)11(13(19)21-4)10(8)12(18)20-3/h6-9H,1-5H3/t8-,9-,15+,16-/m1/s1. The van der Waals surface area contributed by atoms with Gasteiger partial charge in [0.25, 0.3) is 0 Å². The van der Waals surface area contributed by atoms with Crippen LogP contribution in [0.5, 0.6) is 0 Å². The minimum atomic E-state index is -0.529. The van der Waals surface area contributed by atoms with Crippen LogP contribution >= 0.6 is 0 Å². The zero-order valence-corrected chi connectivity index (χ0v) is 13.3. The number of hydrogen-bond acceptors (Lipinski definition) is 6. The Kier molecular flexibility index (Phi) is 2.99. The van der Waals surface area contributed by atoms with Gasteiger partial charge in [0, 0.05) is 11.8 Å². The van der Waals surface area contributed by atoms with Gasteiger partial charge in [0.1, 0.15) is 0 Å². The molecule has 0 aromatic carbocycles. The molecule has 0 unspecified atom stereocenters. The van der Waals surface area contributed by atoms with Crippen LogP contribution in [0, 0.1) is 17.3 Å². The predicted molar refractivity (Wildman–Crippen MR) is 78.1 cm³/mol.